The average Bonchev–Trinajstić information content (AvgIpc) is 2.85. The molecule has 116 valence electrons. The fraction of sp³-hybridized carbons (Fsp3) is 0.273. The Morgan fingerprint density at radius 3 is 2.73 bits per heavy atom. The molecule has 2 rings (SSSR count). The molecular formula is C11H10N4O7. The van der Waals surface area contributed by atoms with Gasteiger partial charge < -0.3 is 24.8 Å². The molecule has 0 spiro atoms. The molecule has 2 aliphatic heterocycles. The molecule has 0 amide bonds. The number of Topliss-reactive ketones (excluding diaryl/α,β-unsaturated/α-hetero) is 1. The molecular weight excluding hydrogens is 300 g/mol. The normalized spacial score (nSPS) is 10.5. The lowest BCUT2D eigenvalue weighted by Crippen LogP contribution is -2.19. The SMILES string of the molecule is CCOC(=O)C(=O)c1c2cn(O)nc(OC)c-2nc1[N+](=O)[O-]. The third-order valence-electron chi connectivity index (χ3n) is 2.66. The summed E-state index contributed by atoms with van der Waals surface area (Å²) >= 11 is 0. The third kappa shape index (κ3) is 2.39. The van der Waals surface area contributed by atoms with E-state index in [9.17, 15) is 24.9 Å². The Morgan fingerprint density at radius 2 is 2.18 bits per heavy atom. The highest BCUT2D eigenvalue weighted by atomic mass is 16.6. The van der Waals surface area contributed by atoms with Gasteiger partial charge in [-0.15, -0.1) is 4.85 Å². The van der Waals surface area contributed by atoms with Crippen molar-refractivity contribution in [3.8, 4) is 17.1 Å². The minimum Gasteiger partial charge on any atom is -0.477 e. The number of hydrogen-bond acceptors (Lipinski definition) is 9. The summed E-state index contributed by atoms with van der Waals surface area (Å²) in [4.78, 5) is 37.7. The first-order chi connectivity index (χ1) is 10.4. The maximum absolute atomic E-state index is 12.1. The number of esters is 1. The van der Waals surface area contributed by atoms with Crippen molar-refractivity contribution in [2.75, 3.05) is 13.7 Å². The molecule has 11 nitrogen and oxygen atoms in total. The zero-order valence-electron chi connectivity index (χ0n) is 11.5. The van der Waals surface area contributed by atoms with Crippen LogP contribution in [0.5, 0.6) is 5.88 Å². The maximum Gasteiger partial charge on any atom is 0.380 e. The van der Waals surface area contributed by atoms with Crippen LogP contribution in [0.2, 0.25) is 0 Å². The molecule has 0 fully saturated rings. The number of ketones is 1. The average molecular weight is 310 g/mol. The summed E-state index contributed by atoms with van der Waals surface area (Å²) in [5.74, 6) is -3.60. The largest absolute Gasteiger partial charge is 0.477 e. The van der Waals surface area contributed by atoms with Crippen molar-refractivity contribution < 1.29 is 29.2 Å². The predicted octanol–water partition coefficient (Wildman–Crippen LogP) is 0.283. The van der Waals surface area contributed by atoms with Crippen molar-refractivity contribution >= 4 is 17.6 Å². The van der Waals surface area contributed by atoms with Crippen LogP contribution in [0, 0.1) is 10.1 Å². The van der Waals surface area contributed by atoms with Crippen LogP contribution < -0.4 is 4.74 Å². The van der Waals surface area contributed by atoms with Crippen LogP contribution in [0.25, 0.3) is 11.3 Å². The summed E-state index contributed by atoms with van der Waals surface area (Å²) < 4.78 is 9.38. The molecule has 1 N–H and O–H groups in total. The van der Waals surface area contributed by atoms with Gasteiger partial charge in [0.2, 0.25) is 5.69 Å². The highest BCUT2D eigenvalue weighted by Gasteiger charge is 2.39. The van der Waals surface area contributed by atoms with Crippen LogP contribution >= 0.6 is 0 Å². The second-order valence-corrected chi connectivity index (χ2v) is 3.94. The van der Waals surface area contributed by atoms with Gasteiger partial charge in [0, 0.05) is 0 Å². The molecule has 0 unspecified atom stereocenters. The number of nitro groups is 1. The van der Waals surface area contributed by atoms with Gasteiger partial charge in [0.05, 0.1) is 25.5 Å². The van der Waals surface area contributed by atoms with E-state index in [1.165, 1.54) is 14.0 Å². The summed E-state index contributed by atoms with van der Waals surface area (Å²) in [5, 5.41) is 24.0. The standard InChI is InChI=1S/C11H10N4O7/c1-3-22-11(17)8(16)6-5-4-14(18)13-10(21-2)7(5)12-9(6)15(19)20/h4,18H,3H2,1-2H3. The molecule has 0 atom stereocenters. The Kier molecular flexibility index (Phi) is 3.88. The minimum absolute atomic E-state index is 0.0741. The van der Waals surface area contributed by atoms with Crippen LogP contribution in [-0.4, -0.2) is 50.5 Å². The molecule has 0 aromatic heterocycles. The predicted molar refractivity (Wildman–Crippen MR) is 68.0 cm³/mol. The van der Waals surface area contributed by atoms with Gasteiger partial charge in [0.25, 0.3) is 11.7 Å². The van der Waals surface area contributed by atoms with Crippen LogP contribution in [0.1, 0.15) is 17.3 Å². The van der Waals surface area contributed by atoms with E-state index in [0.29, 0.717) is 4.85 Å². The summed E-state index contributed by atoms with van der Waals surface area (Å²) in [6.45, 7) is 1.41. The molecule has 0 aliphatic carbocycles. The lowest BCUT2D eigenvalue weighted by molar-refractivity contribution is -0.389. The van der Waals surface area contributed by atoms with Gasteiger partial charge in [-0.3, -0.25) is 4.79 Å². The second-order valence-electron chi connectivity index (χ2n) is 3.94. The number of nitrogens with zero attached hydrogens (tertiary/aromatic N) is 4. The van der Waals surface area contributed by atoms with Crippen LogP contribution in [0.15, 0.2) is 6.20 Å². The third-order valence-corrected chi connectivity index (χ3v) is 2.66. The van der Waals surface area contributed by atoms with E-state index in [-0.39, 0.29) is 23.7 Å². The van der Waals surface area contributed by atoms with Gasteiger partial charge in [-0.05, 0) is 16.8 Å². The quantitative estimate of drug-likeness (QED) is 0.205. The topological polar surface area (TPSA) is 147 Å². The Balaban J connectivity index is 2.72. The number of carbonyl (C=O) groups is 2. The van der Waals surface area contributed by atoms with Crippen molar-refractivity contribution in [1.29, 1.82) is 0 Å². The van der Waals surface area contributed by atoms with E-state index in [0.717, 1.165) is 6.20 Å². The summed E-state index contributed by atoms with van der Waals surface area (Å²) in [6, 6.07) is 0. The molecule has 22 heavy (non-hydrogen) atoms. The van der Waals surface area contributed by atoms with Crippen molar-refractivity contribution in [3.63, 3.8) is 0 Å². The Labute approximate surface area is 122 Å². The first-order valence-electron chi connectivity index (χ1n) is 5.93. The minimum atomic E-state index is -1.26. The first kappa shape index (κ1) is 15.2. The van der Waals surface area contributed by atoms with Gasteiger partial charge in [-0.2, -0.15) is 0 Å². The van der Waals surface area contributed by atoms with Gasteiger partial charge in [0.1, 0.15) is 5.56 Å². The lowest BCUT2D eigenvalue weighted by atomic mass is 10.1. The molecule has 2 aliphatic rings. The number of methoxy groups -OCH3 is 1. The van der Waals surface area contributed by atoms with E-state index in [1.54, 1.807) is 0 Å². The summed E-state index contributed by atoms with van der Waals surface area (Å²) in [7, 11) is 1.20. The van der Waals surface area contributed by atoms with Crippen molar-refractivity contribution in [2.24, 2.45) is 0 Å². The lowest BCUT2D eigenvalue weighted by Gasteiger charge is -2.04. The number of fused-ring (bicyclic) bond motifs is 1. The molecule has 2 heterocycles. The smallest absolute Gasteiger partial charge is 0.380 e. The number of carbonyl (C=O) groups excluding carboxylic acids is 2. The zero-order valence-corrected chi connectivity index (χ0v) is 11.5. The highest BCUT2D eigenvalue weighted by Crippen LogP contribution is 2.37. The number of rotatable bonds is 5. The number of aromatic nitrogens is 3. The molecule has 0 radical (unpaired) electrons. The Bertz CT molecular complexity index is 739. The van der Waals surface area contributed by atoms with Crippen molar-refractivity contribution in [3.05, 3.63) is 21.9 Å². The molecule has 0 saturated carbocycles. The van der Waals surface area contributed by atoms with Crippen LogP contribution in [0.3, 0.4) is 0 Å². The second kappa shape index (κ2) is 5.63. The molecule has 0 bridgehead atoms. The Hall–Kier alpha value is -3.24. The fourth-order valence-electron chi connectivity index (χ4n) is 1.83. The van der Waals surface area contributed by atoms with E-state index in [2.05, 4.69) is 14.8 Å². The number of hydrogen-bond donors (Lipinski definition) is 1. The van der Waals surface area contributed by atoms with Crippen LogP contribution in [-0.2, 0) is 9.53 Å². The Morgan fingerprint density at radius 1 is 1.50 bits per heavy atom. The van der Waals surface area contributed by atoms with Crippen molar-refractivity contribution in [2.45, 2.75) is 6.92 Å². The first-order valence-corrected chi connectivity index (χ1v) is 5.93. The van der Waals surface area contributed by atoms with Gasteiger partial charge in [0.15, 0.2) is 0 Å². The highest BCUT2D eigenvalue weighted by molar-refractivity contribution is 6.43. The number of ether oxygens (including phenoxy) is 2. The maximum atomic E-state index is 12.1. The summed E-state index contributed by atoms with van der Waals surface area (Å²) in [6.07, 6.45) is 0.907. The molecule has 0 aromatic rings. The monoisotopic (exact) mass is 310 g/mol. The molecule has 0 saturated heterocycles. The van der Waals surface area contributed by atoms with Gasteiger partial charge in [-0.25, -0.2) is 4.79 Å². The summed E-state index contributed by atoms with van der Waals surface area (Å²) in [5.41, 5.74) is -0.881. The van der Waals surface area contributed by atoms with E-state index in [4.69, 9.17) is 4.74 Å². The van der Waals surface area contributed by atoms with Crippen molar-refractivity contribution in [1.82, 2.24) is 14.9 Å². The zero-order chi connectivity index (χ0) is 16.4. The fourth-order valence-corrected chi connectivity index (χ4v) is 1.83. The molecule has 11 heteroatoms. The van der Waals surface area contributed by atoms with E-state index in [1.807, 2.05) is 0 Å². The van der Waals surface area contributed by atoms with Crippen LogP contribution in [0.4, 0.5) is 5.82 Å². The van der Waals surface area contributed by atoms with E-state index < -0.39 is 28.1 Å². The van der Waals surface area contributed by atoms with Gasteiger partial charge in [-0.1, -0.05) is 5.10 Å². The van der Waals surface area contributed by atoms with E-state index >= 15 is 0 Å². The molecule has 0 aromatic carbocycles. The van der Waals surface area contributed by atoms with Gasteiger partial charge >= 0.3 is 11.8 Å².